The first kappa shape index (κ1) is 6.26. The van der Waals surface area contributed by atoms with E-state index in [0.717, 1.165) is 6.29 Å². The van der Waals surface area contributed by atoms with Crippen LogP contribution in [-0.2, 0) is 9.59 Å². The van der Waals surface area contributed by atoms with Crippen molar-refractivity contribution in [3.63, 3.8) is 0 Å². The molecule has 0 aliphatic carbocycles. The predicted octanol–water partition coefficient (Wildman–Crippen LogP) is -0.290. The molecule has 1 amide bonds. The number of carbonyl (C=O) groups is 2. The summed E-state index contributed by atoms with van der Waals surface area (Å²) in [6.45, 7) is 1.84. The van der Waals surface area contributed by atoms with Gasteiger partial charge in [0.1, 0.15) is 6.29 Å². The van der Waals surface area contributed by atoms with Gasteiger partial charge in [0.15, 0.2) is 0 Å². The van der Waals surface area contributed by atoms with E-state index in [-0.39, 0.29) is 17.9 Å². The Bertz CT molecular complexity index is 144. The summed E-state index contributed by atoms with van der Waals surface area (Å²) in [7, 11) is 0. The standard InChI is InChI=1S/C6H9NO2/c1-4-5(3-8)2-6(9)7-4/h3-5H,2H2,1H3,(H,7,9). The molecule has 9 heavy (non-hydrogen) atoms. The molecule has 1 aliphatic rings. The van der Waals surface area contributed by atoms with Crippen LogP contribution in [0.5, 0.6) is 0 Å². The zero-order valence-corrected chi connectivity index (χ0v) is 5.26. The number of aldehydes is 1. The Hall–Kier alpha value is -0.860. The maximum absolute atomic E-state index is 10.6. The maximum Gasteiger partial charge on any atom is 0.221 e. The third kappa shape index (κ3) is 1.09. The molecule has 1 fully saturated rings. The second-order valence-corrected chi connectivity index (χ2v) is 2.36. The third-order valence-corrected chi connectivity index (χ3v) is 1.63. The van der Waals surface area contributed by atoms with Crippen LogP contribution in [0, 0.1) is 5.92 Å². The summed E-state index contributed by atoms with van der Waals surface area (Å²) < 4.78 is 0. The van der Waals surface area contributed by atoms with Crippen molar-refractivity contribution in [2.45, 2.75) is 19.4 Å². The minimum atomic E-state index is -0.0995. The fourth-order valence-electron chi connectivity index (χ4n) is 0.977. The maximum atomic E-state index is 10.6. The quantitative estimate of drug-likeness (QED) is 0.492. The molecular formula is C6H9NO2. The Kier molecular flexibility index (Phi) is 1.51. The zero-order valence-electron chi connectivity index (χ0n) is 5.26. The van der Waals surface area contributed by atoms with Crippen LogP contribution in [-0.4, -0.2) is 18.2 Å². The summed E-state index contributed by atoms with van der Waals surface area (Å²) in [5.41, 5.74) is 0. The molecule has 50 valence electrons. The molecule has 0 aromatic rings. The number of hydrogen-bond acceptors (Lipinski definition) is 2. The third-order valence-electron chi connectivity index (χ3n) is 1.63. The number of nitrogens with one attached hydrogen (secondary N) is 1. The molecule has 1 N–H and O–H groups in total. The number of carbonyl (C=O) groups excluding carboxylic acids is 2. The van der Waals surface area contributed by atoms with Crippen LogP contribution in [0.4, 0.5) is 0 Å². The fraction of sp³-hybridized carbons (Fsp3) is 0.667. The van der Waals surface area contributed by atoms with E-state index in [1.54, 1.807) is 0 Å². The Morgan fingerprint density at radius 3 is 2.67 bits per heavy atom. The van der Waals surface area contributed by atoms with Gasteiger partial charge in [-0.3, -0.25) is 4.79 Å². The van der Waals surface area contributed by atoms with E-state index >= 15 is 0 Å². The highest BCUT2D eigenvalue weighted by Crippen LogP contribution is 2.12. The van der Waals surface area contributed by atoms with Crippen LogP contribution in [0.15, 0.2) is 0 Å². The van der Waals surface area contributed by atoms with Gasteiger partial charge in [0, 0.05) is 18.4 Å². The van der Waals surface area contributed by atoms with E-state index in [9.17, 15) is 9.59 Å². The highest BCUT2D eigenvalue weighted by molar-refractivity contribution is 5.83. The molecule has 0 spiro atoms. The second kappa shape index (κ2) is 2.17. The lowest BCUT2D eigenvalue weighted by Crippen LogP contribution is -2.25. The van der Waals surface area contributed by atoms with Crippen LogP contribution in [0.25, 0.3) is 0 Å². The van der Waals surface area contributed by atoms with Crippen molar-refractivity contribution >= 4 is 12.2 Å². The van der Waals surface area contributed by atoms with Crippen molar-refractivity contribution in [2.75, 3.05) is 0 Å². The van der Waals surface area contributed by atoms with Crippen molar-refractivity contribution < 1.29 is 9.59 Å². The lowest BCUT2D eigenvalue weighted by molar-refractivity contribution is -0.120. The van der Waals surface area contributed by atoms with Crippen LogP contribution >= 0.6 is 0 Å². The van der Waals surface area contributed by atoms with E-state index in [0.29, 0.717) is 6.42 Å². The Morgan fingerprint density at radius 2 is 2.44 bits per heavy atom. The van der Waals surface area contributed by atoms with E-state index in [4.69, 9.17) is 0 Å². The van der Waals surface area contributed by atoms with Gasteiger partial charge in [0.05, 0.1) is 0 Å². The predicted molar refractivity (Wildman–Crippen MR) is 31.8 cm³/mol. The van der Waals surface area contributed by atoms with Crippen LogP contribution in [0.2, 0.25) is 0 Å². The first-order valence-corrected chi connectivity index (χ1v) is 2.98. The van der Waals surface area contributed by atoms with Crippen LogP contribution < -0.4 is 5.32 Å². The van der Waals surface area contributed by atoms with Gasteiger partial charge < -0.3 is 10.1 Å². The van der Waals surface area contributed by atoms with Crippen LogP contribution in [0.3, 0.4) is 0 Å². The summed E-state index contributed by atoms with van der Waals surface area (Å²) in [6.07, 6.45) is 1.20. The van der Waals surface area contributed by atoms with Gasteiger partial charge in [-0.2, -0.15) is 0 Å². The number of amides is 1. The van der Waals surface area contributed by atoms with Crippen LogP contribution in [0.1, 0.15) is 13.3 Å². The molecule has 0 radical (unpaired) electrons. The molecule has 1 saturated heterocycles. The molecule has 1 aliphatic heterocycles. The smallest absolute Gasteiger partial charge is 0.221 e. The number of rotatable bonds is 1. The molecule has 1 heterocycles. The molecule has 3 nitrogen and oxygen atoms in total. The molecule has 3 heteroatoms. The minimum absolute atomic E-state index is 0.0143. The van der Waals surface area contributed by atoms with Crippen molar-refractivity contribution in [2.24, 2.45) is 5.92 Å². The number of hydrogen-bond donors (Lipinski definition) is 1. The van der Waals surface area contributed by atoms with Crippen molar-refractivity contribution in [1.82, 2.24) is 5.32 Å². The average molecular weight is 127 g/mol. The first-order valence-electron chi connectivity index (χ1n) is 2.98. The fourth-order valence-corrected chi connectivity index (χ4v) is 0.977. The molecule has 0 aromatic carbocycles. The average Bonchev–Trinajstić information content (AvgIpc) is 2.10. The zero-order chi connectivity index (χ0) is 6.85. The largest absolute Gasteiger partial charge is 0.353 e. The highest BCUT2D eigenvalue weighted by atomic mass is 16.2. The van der Waals surface area contributed by atoms with E-state index in [1.165, 1.54) is 0 Å². The molecular weight excluding hydrogens is 118 g/mol. The monoisotopic (exact) mass is 127 g/mol. The van der Waals surface area contributed by atoms with Crippen molar-refractivity contribution in [1.29, 1.82) is 0 Å². The first-order chi connectivity index (χ1) is 4.24. The molecule has 0 bridgehead atoms. The van der Waals surface area contributed by atoms with E-state index < -0.39 is 0 Å². The highest BCUT2D eigenvalue weighted by Gasteiger charge is 2.27. The normalized spacial score (nSPS) is 34.1. The topological polar surface area (TPSA) is 46.2 Å². The lowest BCUT2D eigenvalue weighted by atomic mass is 10.1. The van der Waals surface area contributed by atoms with Gasteiger partial charge in [-0.1, -0.05) is 0 Å². The van der Waals surface area contributed by atoms with Gasteiger partial charge in [-0.25, -0.2) is 0 Å². The summed E-state index contributed by atoms with van der Waals surface area (Å²) in [6, 6.07) is 0.0370. The SMILES string of the molecule is CC1NC(=O)CC1C=O. The van der Waals surface area contributed by atoms with Gasteiger partial charge in [0.2, 0.25) is 5.91 Å². The van der Waals surface area contributed by atoms with Crippen molar-refractivity contribution in [3.8, 4) is 0 Å². The Balaban J connectivity index is 2.57. The van der Waals surface area contributed by atoms with Gasteiger partial charge >= 0.3 is 0 Å². The molecule has 2 atom stereocenters. The molecule has 0 aromatic heterocycles. The minimum Gasteiger partial charge on any atom is -0.353 e. The van der Waals surface area contributed by atoms with E-state index in [2.05, 4.69) is 5.32 Å². The Labute approximate surface area is 53.4 Å². The van der Waals surface area contributed by atoms with Crippen molar-refractivity contribution in [3.05, 3.63) is 0 Å². The lowest BCUT2D eigenvalue weighted by Gasteiger charge is -2.03. The second-order valence-electron chi connectivity index (χ2n) is 2.36. The van der Waals surface area contributed by atoms with Gasteiger partial charge in [-0.15, -0.1) is 0 Å². The summed E-state index contributed by atoms with van der Waals surface area (Å²) in [4.78, 5) is 20.7. The van der Waals surface area contributed by atoms with Gasteiger partial charge in [0.25, 0.3) is 0 Å². The van der Waals surface area contributed by atoms with Gasteiger partial charge in [-0.05, 0) is 6.92 Å². The molecule has 1 rings (SSSR count). The Morgan fingerprint density at radius 1 is 1.78 bits per heavy atom. The van der Waals surface area contributed by atoms with E-state index in [1.807, 2.05) is 6.92 Å². The summed E-state index contributed by atoms with van der Waals surface area (Å²) >= 11 is 0. The summed E-state index contributed by atoms with van der Waals surface area (Å²) in [5, 5.41) is 2.65. The summed E-state index contributed by atoms with van der Waals surface area (Å²) in [5.74, 6) is -0.114. The molecule has 0 saturated carbocycles. The molecule has 2 unspecified atom stereocenters.